The number of aliphatic hydroxyl groups excluding tert-OH is 1. The SMILES string of the molecule is CCCCCCCCC1C2Cc3cccc(OCC(=O)O)c3CC2C[C@H]1O. The van der Waals surface area contributed by atoms with Gasteiger partial charge >= 0.3 is 5.97 Å². The van der Waals surface area contributed by atoms with Crippen LogP contribution in [0.25, 0.3) is 0 Å². The summed E-state index contributed by atoms with van der Waals surface area (Å²) in [4.78, 5) is 10.8. The molecule has 4 atom stereocenters. The summed E-state index contributed by atoms with van der Waals surface area (Å²) in [5, 5.41) is 19.6. The van der Waals surface area contributed by atoms with Crippen molar-refractivity contribution in [3.8, 4) is 5.75 Å². The Morgan fingerprint density at radius 2 is 1.93 bits per heavy atom. The molecule has 3 rings (SSSR count). The van der Waals surface area contributed by atoms with Gasteiger partial charge in [-0.05, 0) is 60.6 Å². The van der Waals surface area contributed by atoms with Crippen LogP contribution in [0.5, 0.6) is 5.75 Å². The van der Waals surface area contributed by atoms with E-state index in [1.54, 1.807) is 0 Å². The van der Waals surface area contributed by atoms with Crippen LogP contribution in [0.1, 0.15) is 69.4 Å². The highest BCUT2D eigenvalue weighted by Crippen LogP contribution is 2.48. The van der Waals surface area contributed by atoms with Crippen molar-refractivity contribution in [1.29, 1.82) is 0 Å². The van der Waals surface area contributed by atoms with Gasteiger partial charge in [-0.2, -0.15) is 0 Å². The van der Waals surface area contributed by atoms with Gasteiger partial charge in [0.05, 0.1) is 6.10 Å². The molecule has 1 aromatic rings. The quantitative estimate of drug-likeness (QED) is 0.587. The van der Waals surface area contributed by atoms with Crippen LogP contribution in [0.3, 0.4) is 0 Å². The first-order valence-corrected chi connectivity index (χ1v) is 10.7. The van der Waals surface area contributed by atoms with Crippen LogP contribution in [0, 0.1) is 17.8 Å². The number of rotatable bonds is 10. The Kier molecular flexibility index (Phi) is 7.17. The van der Waals surface area contributed by atoms with E-state index in [0.29, 0.717) is 23.5 Å². The zero-order valence-corrected chi connectivity index (χ0v) is 16.5. The first-order chi connectivity index (χ1) is 13.1. The summed E-state index contributed by atoms with van der Waals surface area (Å²) in [6.45, 7) is 1.95. The largest absolute Gasteiger partial charge is 0.482 e. The number of hydrogen-bond acceptors (Lipinski definition) is 3. The van der Waals surface area contributed by atoms with Crippen LogP contribution in [0.4, 0.5) is 0 Å². The summed E-state index contributed by atoms with van der Waals surface area (Å²) in [6.07, 6.45) is 11.5. The smallest absolute Gasteiger partial charge is 0.341 e. The Morgan fingerprint density at radius 3 is 2.70 bits per heavy atom. The van der Waals surface area contributed by atoms with E-state index >= 15 is 0 Å². The third kappa shape index (κ3) is 5.04. The normalized spacial score (nSPS) is 26.4. The fourth-order valence-corrected chi connectivity index (χ4v) is 5.24. The van der Waals surface area contributed by atoms with Crippen LogP contribution in [-0.4, -0.2) is 28.9 Å². The lowest BCUT2D eigenvalue weighted by atomic mass is 9.73. The van der Waals surface area contributed by atoms with E-state index in [1.807, 2.05) is 12.1 Å². The molecule has 3 unspecified atom stereocenters. The molecule has 4 nitrogen and oxygen atoms in total. The van der Waals surface area contributed by atoms with E-state index in [2.05, 4.69) is 13.0 Å². The number of carboxylic acid groups (broad SMARTS) is 1. The Morgan fingerprint density at radius 1 is 1.15 bits per heavy atom. The van der Waals surface area contributed by atoms with E-state index in [9.17, 15) is 9.90 Å². The van der Waals surface area contributed by atoms with Gasteiger partial charge in [0, 0.05) is 0 Å². The second-order valence-corrected chi connectivity index (χ2v) is 8.43. The van der Waals surface area contributed by atoms with Crippen molar-refractivity contribution in [2.75, 3.05) is 6.61 Å². The predicted octanol–water partition coefficient (Wildman–Crippen LogP) is 4.61. The zero-order valence-electron chi connectivity index (χ0n) is 16.5. The lowest BCUT2D eigenvalue weighted by molar-refractivity contribution is -0.139. The molecule has 0 saturated heterocycles. The molecule has 0 radical (unpaired) electrons. The molecule has 0 aliphatic heterocycles. The number of carboxylic acids is 1. The fourth-order valence-electron chi connectivity index (χ4n) is 5.24. The van der Waals surface area contributed by atoms with Crippen molar-refractivity contribution in [1.82, 2.24) is 0 Å². The number of hydrogen-bond donors (Lipinski definition) is 2. The topological polar surface area (TPSA) is 66.8 Å². The van der Waals surface area contributed by atoms with Gasteiger partial charge in [0.15, 0.2) is 6.61 Å². The summed E-state index contributed by atoms with van der Waals surface area (Å²) in [5.74, 6) is 1.22. The van der Waals surface area contributed by atoms with E-state index < -0.39 is 5.97 Å². The molecule has 27 heavy (non-hydrogen) atoms. The number of fused-ring (bicyclic) bond motifs is 2. The number of unbranched alkanes of at least 4 members (excludes halogenated alkanes) is 5. The molecule has 0 heterocycles. The van der Waals surface area contributed by atoms with Gasteiger partial charge in [0.2, 0.25) is 0 Å². The van der Waals surface area contributed by atoms with Gasteiger partial charge < -0.3 is 14.9 Å². The van der Waals surface area contributed by atoms with E-state index in [1.165, 1.54) is 44.1 Å². The highest BCUT2D eigenvalue weighted by molar-refractivity contribution is 5.68. The first-order valence-electron chi connectivity index (χ1n) is 10.7. The van der Waals surface area contributed by atoms with Gasteiger partial charge in [-0.1, -0.05) is 57.6 Å². The van der Waals surface area contributed by atoms with Crippen LogP contribution < -0.4 is 4.74 Å². The molecule has 2 N–H and O–H groups in total. The van der Waals surface area contributed by atoms with Crippen molar-refractivity contribution in [3.05, 3.63) is 29.3 Å². The Hall–Kier alpha value is -1.55. The number of ether oxygens (including phenoxy) is 1. The van der Waals surface area contributed by atoms with Crippen LogP contribution in [-0.2, 0) is 17.6 Å². The van der Waals surface area contributed by atoms with Crippen molar-refractivity contribution in [2.45, 2.75) is 77.2 Å². The first kappa shape index (κ1) is 20.2. The third-order valence-corrected chi connectivity index (χ3v) is 6.59. The average Bonchev–Trinajstić information content (AvgIpc) is 2.95. The summed E-state index contributed by atoms with van der Waals surface area (Å²) < 4.78 is 5.52. The second-order valence-electron chi connectivity index (χ2n) is 8.43. The number of aliphatic carboxylic acids is 1. The second kappa shape index (κ2) is 9.59. The van der Waals surface area contributed by atoms with Gasteiger partial charge in [-0.25, -0.2) is 4.79 Å². The van der Waals surface area contributed by atoms with E-state index in [4.69, 9.17) is 9.84 Å². The summed E-state index contributed by atoms with van der Waals surface area (Å²) in [6, 6.07) is 5.98. The van der Waals surface area contributed by atoms with Gasteiger partial charge in [-0.15, -0.1) is 0 Å². The minimum absolute atomic E-state index is 0.187. The van der Waals surface area contributed by atoms with E-state index in [-0.39, 0.29) is 12.7 Å². The maximum absolute atomic E-state index is 10.8. The Bertz CT molecular complexity index is 627. The summed E-state index contributed by atoms with van der Waals surface area (Å²) in [5.41, 5.74) is 2.44. The molecule has 4 heteroatoms. The summed E-state index contributed by atoms with van der Waals surface area (Å²) >= 11 is 0. The number of benzene rings is 1. The molecule has 0 aromatic heterocycles. The van der Waals surface area contributed by atoms with Crippen LogP contribution in [0.2, 0.25) is 0 Å². The third-order valence-electron chi connectivity index (χ3n) is 6.59. The van der Waals surface area contributed by atoms with Gasteiger partial charge in [0.1, 0.15) is 5.75 Å². The van der Waals surface area contributed by atoms with Gasteiger partial charge in [-0.3, -0.25) is 0 Å². The minimum Gasteiger partial charge on any atom is -0.482 e. The highest BCUT2D eigenvalue weighted by Gasteiger charge is 2.44. The van der Waals surface area contributed by atoms with E-state index in [0.717, 1.165) is 31.2 Å². The summed E-state index contributed by atoms with van der Waals surface area (Å²) in [7, 11) is 0. The molecule has 2 aliphatic rings. The molecular formula is C23H34O4. The Balaban J connectivity index is 1.60. The molecule has 0 amide bonds. The predicted molar refractivity (Wildman–Crippen MR) is 106 cm³/mol. The zero-order chi connectivity index (χ0) is 19.2. The molecule has 1 fully saturated rings. The average molecular weight is 375 g/mol. The van der Waals surface area contributed by atoms with Crippen LogP contribution >= 0.6 is 0 Å². The van der Waals surface area contributed by atoms with Crippen LogP contribution in [0.15, 0.2) is 18.2 Å². The molecule has 0 spiro atoms. The monoisotopic (exact) mass is 374 g/mol. The lowest BCUT2D eigenvalue weighted by Gasteiger charge is -2.32. The van der Waals surface area contributed by atoms with Crippen molar-refractivity contribution in [3.63, 3.8) is 0 Å². The van der Waals surface area contributed by atoms with Crippen molar-refractivity contribution >= 4 is 5.97 Å². The standard InChI is InChI=1S/C23H34O4/c1-2-3-4-5-6-7-10-18-19-12-16-9-8-11-22(27-15-23(25)26)20(16)13-17(19)14-21(18)24/h8-9,11,17-19,21,24H,2-7,10,12-15H2,1H3,(H,25,26)/t17?,18?,19?,21-/m1/s1. The van der Waals surface area contributed by atoms with Crippen molar-refractivity contribution < 1.29 is 19.7 Å². The number of carbonyl (C=O) groups is 1. The highest BCUT2D eigenvalue weighted by atomic mass is 16.5. The lowest BCUT2D eigenvalue weighted by Crippen LogP contribution is -2.27. The molecule has 0 bridgehead atoms. The van der Waals surface area contributed by atoms with Gasteiger partial charge in [0.25, 0.3) is 0 Å². The fraction of sp³-hybridized carbons (Fsp3) is 0.696. The maximum Gasteiger partial charge on any atom is 0.341 e. The molecular weight excluding hydrogens is 340 g/mol. The molecule has 150 valence electrons. The molecule has 2 aliphatic carbocycles. The van der Waals surface area contributed by atoms with Crippen molar-refractivity contribution in [2.24, 2.45) is 17.8 Å². The number of aliphatic hydroxyl groups is 1. The maximum atomic E-state index is 10.8. The molecule has 1 aromatic carbocycles. The Labute approximate surface area is 162 Å². The minimum atomic E-state index is -0.948. The molecule has 1 saturated carbocycles.